The number of hydrogen-bond acceptors (Lipinski definition) is 3. The number of halogens is 4. The lowest BCUT2D eigenvalue weighted by atomic mass is 10.1. The zero-order valence-corrected chi connectivity index (χ0v) is 13.9. The van der Waals surface area contributed by atoms with Gasteiger partial charge in [0.1, 0.15) is 0 Å². The van der Waals surface area contributed by atoms with Crippen LogP contribution in [0.4, 0.5) is 13.2 Å². The van der Waals surface area contributed by atoms with E-state index in [1.54, 1.807) is 0 Å². The highest BCUT2D eigenvalue weighted by atomic mass is 35.5. The van der Waals surface area contributed by atoms with Crippen molar-refractivity contribution in [1.29, 1.82) is 0 Å². The van der Waals surface area contributed by atoms with Gasteiger partial charge in [-0.2, -0.15) is 18.3 Å². The Hall–Kier alpha value is -1.99. The minimum Gasteiger partial charge on any atom is -0.377 e. The molecule has 0 amide bonds. The second-order valence-corrected chi connectivity index (χ2v) is 6.16. The summed E-state index contributed by atoms with van der Waals surface area (Å²) >= 11 is 6.97. The molecule has 0 saturated heterocycles. The van der Waals surface area contributed by atoms with E-state index < -0.39 is 11.7 Å². The zero-order valence-electron chi connectivity index (χ0n) is 12.3. The highest BCUT2D eigenvalue weighted by Crippen LogP contribution is 2.31. The zero-order chi connectivity index (χ0) is 17.6. The molecule has 2 aromatic carbocycles. The van der Waals surface area contributed by atoms with E-state index in [0.717, 1.165) is 17.7 Å². The standard InChI is InChI=1S/C16H13ClF3N3S/c17-14-7-12(6-13(8-14)16(18,19)20)9-22-23-15(21)24-10-11-4-2-1-3-5-11/h1-9H,10H2,(H2,21,23). The summed E-state index contributed by atoms with van der Waals surface area (Å²) in [5, 5.41) is 7.66. The predicted octanol–water partition coefficient (Wildman–Crippen LogP) is 4.94. The lowest BCUT2D eigenvalue weighted by Gasteiger charge is -2.07. The average Bonchev–Trinajstić information content (AvgIpc) is 2.52. The van der Waals surface area contributed by atoms with Gasteiger partial charge in [0.05, 0.1) is 11.8 Å². The highest BCUT2D eigenvalue weighted by molar-refractivity contribution is 8.13. The van der Waals surface area contributed by atoms with Crippen LogP contribution >= 0.6 is 23.4 Å². The van der Waals surface area contributed by atoms with Crippen molar-refractivity contribution in [1.82, 2.24) is 0 Å². The van der Waals surface area contributed by atoms with Crippen molar-refractivity contribution in [3.8, 4) is 0 Å². The second kappa shape index (κ2) is 8.21. The normalized spacial score (nSPS) is 12.8. The van der Waals surface area contributed by atoms with Crippen LogP contribution in [0.5, 0.6) is 0 Å². The molecule has 0 aliphatic heterocycles. The molecule has 126 valence electrons. The molecule has 0 radical (unpaired) electrons. The molecular formula is C16H13ClF3N3S. The molecule has 0 bridgehead atoms. The van der Waals surface area contributed by atoms with Crippen LogP contribution in [0.3, 0.4) is 0 Å². The van der Waals surface area contributed by atoms with Crippen molar-refractivity contribution < 1.29 is 13.2 Å². The molecular weight excluding hydrogens is 359 g/mol. The van der Waals surface area contributed by atoms with Gasteiger partial charge in [0.15, 0.2) is 5.17 Å². The molecule has 0 heterocycles. The Kier molecular flexibility index (Phi) is 6.28. The van der Waals surface area contributed by atoms with E-state index in [-0.39, 0.29) is 15.8 Å². The molecule has 8 heteroatoms. The number of nitrogens with two attached hydrogens (primary N) is 1. The first kappa shape index (κ1) is 18.4. The van der Waals surface area contributed by atoms with Gasteiger partial charge >= 0.3 is 6.18 Å². The molecule has 0 aromatic heterocycles. The summed E-state index contributed by atoms with van der Waals surface area (Å²) in [7, 11) is 0. The van der Waals surface area contributed by atoms with Gasteiger partial charge in [-0.3, -0.25) is 0 Å². The Morgan fingerprint density at radius 2 is 1.88 bits per heavy atom. The van der Waals surface area contributed by atoms with Gasteiger partial charge in [0.2, 0.25) is 0 Å². The average molecular weight is 372 g/mol. The number of benzene rings is 2. The minimum absolute atomic E-state index is 0.0262. The van der Waals surface area contributed by atoms with Crippen LogP contribution in [0.1, 0.15) is 16.7 Å². The number of alkyl halides is 3. The lowest BCUT2D eigenvalue weighted by Crippen LogP contribution is -2.06. The SMILES string of the molecule is NC(=NN=Cc1cc(Cl)cc(C(F)(F)F)c1)SCc1ccccc1. The number of nitrogens with zero attached hydrogens (tertiary/aromatic N) is 2. The molecule has 0 unspecified atom stereocenters. The van der Waals surface area contributed by atoms with Crippen LogP contribution in [0.15, 0.2) is 58.7 Å². The van der Waals surface area contributed by atoms with Crippen molar-refractivity contribution in [3.05, 3.63) is 70.2 Å². The number of hydrogen-bond donors (Lipinski definition) is 1. The fraction of sp³-hybridized carbons (Fsp3) is 0.125. The maximum Gasteiger partial charge on any atom is 0.416 e. The van der Waals surface area contributed by atoms with E-state index >= 15 is 0 Å². The largest absolute Gasteiger partial charge is 0.416 e. The fourth-order valence-corrected chi connectivity index (χ4v) is 2.62. The third kappa shape index (κ3) is 5.90. The Balaban J connectivity index is 2.01. The van der Waals surface area contributed by atoms with E-state index in [2.05, 4.69) is 10.2 Å². The molecule has 0 atom stereocenters. The van der Waals surface area contributed by atoms with Gasteiger partial charge < -0.3 is 5.73 Å². The first-order valence-corrected chi connectivity index (χ1v) is 8.12. The van der Waals surface area contributed by atoms with Crippen LogP contribution in [0.2, 0.25) is 5.02 Å². The summed E-state index contributed by atoms with van der Waals surface area (Å²) in [5.74, 6) is 0.626. The van der Waals surface area contributed by atoms with E-state index in [9.17, 15) is 13.2 Å². The molecule has 0 aliphatic rings. The third-order valence-corrected chi connectivity index (χ3v) is 3.91. The minimum atomic E-state index is -4.47. The fourth-order valence-electron chi connectivity index (χ4n) is 1.76. The Morgan fingerprint density at radius 1 is 1.17 bits per heavy atom. The van der Waals surface area contributed by atoms with Crippen molar-refractivity contribution >= 4 is 34.7 Å². The summed E-state index contributed by atoms with van der Waals surface area (Å²) < 4.78 is 38.1. The lowest BCUT2D eigenvalue weighted by molar-refractivity contribution is -0.137. The van der Waals surface area contributed by atoms with Crippen molar-refractivity contribution in [2.45, 2.75) is 11.9 Å². The first-order chi connectivity index (χ1) is 11.3. The van der Waals surface area contributed by atoms with Crippen LogP contribution in [-0.4, -0.2) is 11.4 Å². The smallest absolute Gasteiger partial charge is 0.377 e. The summed E-state index contributed by atoms with van der Waals surface area (Å²) in [4.78, 5) is 0. The van der Waals surface area contributed by atoms with E-state index in [1.807, 2.05) is 30.3 Å². The Morgan fingerprint density at radius 3 is 2.54 bits per heavy atom. The van der Waals surface area contributed by atoms with Gasteiger partial charge in [-0.1, -0.05) is 53.7 Å². The molecule has 0 aliphatic carbocycles. The quantitative estimate of drug-likeness (QED) is 0.470. The van der Waals surface area contributed by atoms with Gasteiger partial charge in [-0.15, -0.1) is 5.10 Å². The maximum atomic E-state index is 12.7. The summed E-state index contributed by atoms with van der Waals surface area (Å²) in [6.07, 6.45) is -3.29. The summed E-state index contributed by atoms with van der Waals surface area (Å²) in [6.45, 7) is 0. The monoisotopic (exact) mass is 371 g/mol. The number of amidine groups is 1. The molecule has 2 aromatic rings. The van der Waals surface area contributed by atoms with Crippen molar-refractivity contribution in [2.24, 2.45) is 15.9 Å². The van der Waals surface area contributed by atoms with Crippen LogP contribution in [-0.2, 0) is 11.9 Å². The Labute approximate surface area is 146 Å². The summed E-state index contributed by atoms with van der Waals surface area (Å²) in [5.41, 5.74) is 6.14. The number of thioether (sulfide) groups is 1. The van der Waals surface area contributed by atoms with Gasteiger partial charge in [-0.25, -0.2) is 0 Å². The highest BCUT2D eigenvalue weighted by Gasteiger charge is 2.30. The molecule has 3 nitrogen and oxygen atoms in total. The van der Waals surface area contributed by atoms with Gasteiger partial charge in [-0.05, 0) is 29.3 Å². The van der Waals surface area contributed by atoms with E-state index in [0.29, 0.717) is 5.75 Å². The van der Waals surface area contributed by atoms with Crippen LogP contribution < -0.4 is 5.73 Å². The van der Waals surface area contributed by atoms with Crippen molar-refractivity contribution in [2.75, 3.05) is 0 Å². The molecule has 2 N–H and O–H groups in total. The number of rotatable bonds is 4. The summed E-state index contributed by atoms with van der Waals surface area (Å²) in [6, 6.07) is 12.8. The predicted molar refractivity (Wildman–Crippen MR) is 93.4 cm³/mol. The molecule has 24 heavy (non-hydrogen) atoms. The maximum absolute atomic E-state index is 12.7. The van der Waals surface area contributed by atoms with Crippen LogP contribution in [0.25, 0.3) is 0 Å². The molecule has 0 fully saturated rings. The Bertz CT molecular complexity index is 746. The third-order valence-electron chi connectivity index (χ3n) is 2.84. The first-order valence-electron chi connectivity index (χ1n) is 6.75. The van der Waals surface area contributed by atoms with Gasteiger partial charge in [0.25, 0.3) is 0 Å². The topological polar surface area (TPSA) is 50.7 Å². The van der Waals surface area contributed by atoms with E-state index in [1.165, 1.54) is 24.0 Å². The molecule has 2 rings (SSSR count). The molecule has 0 saturated carbocycles. The van der Waals surface area contributed by atoms with E-state index in [4.69, 9.17) is 17.3 Å². The van der Waals surface area contributed by atoms with Gasteiger partial charge in [0, 0.05) is 10.8 Å². The second-order valence-electron chi connectivity index (χ2n) is 4.73. The molecule has 0 spiro atoms. The van der Waals surface area contributed by atoms with Crippen molar-refractivity contribution in [3.63, 3.8) is 0 Å². The van der Waals surface area contributed by atoms with Crippen LogP contribution in [0, 0.1) is 0 Å².